The second-order valence-electron chi connectivity index (χ2n) is 2.68. The molecule has 0 saturated carbocycles. The lowest BCUT2D eigenvalue weighted by Gasteiger charge is -1.99. The highest BCUT2D eigenvalue weighted by molar-refractivity contribution is 5.93. The summed E-state index contributed by atoms with van der Waals surface area (Å²) >= 11 is 0. The van der Waals surface area contributed by atoms with Gasteiger partial charge in [0.05, 0.1) is 6.61 Å². The van der Waals surface area contributed by atoms with E-state index in [1.54, 1.807) is 36.4 Å². The Morgan fingerprint density at radius 2 is 2.07 bits per heavy atom. The molecule has 0 spiro atoms. The van der Waals surface area contributed by atoms with Crippen LogP contribution in [-0.4, -0.2) is 17.6 Å². The molecular formula is C10H12N2O2. The van der Waals surface area contributed by atoms with E-state index in [2.05, 4.69) is 0 Å². The first-order chi connectivity index (χ1) is 6.77. The number of hydrogen-bond donors (Lipinski definition) is 3. The summed E-state index contributed by atoms with van der Waals surface area (Å²) in [7, 11) is 0. The van der Waals surface area contributed by atoms with Crippen molar-refractivity contribution in [3.05, 3.63) is 41.5 Å². The van der Waals surface area contributed by atoms with Crippen LogP contribution < -0.4 is 11.3 Å². The van der Waals surface area contributed by atoms with Crippen molar-refractivity contribution in [3.63, 3.8) is 0 Å². The molecule has 4 nitrogen and oxygen atoms in total. The van der Waals surface area contributed by atoms with Crippen LogP contribution in [0.2, 0.25) is 0 Å². The molecule has 0 aliphatic heterocycles. The van der Waals surface area contributed by atoms with Gasteiger partial charge in [-0.25, -0.2) is 5.84 Å². The number of hydrogen-bond acceptors (Lipinski definition) is 3. The summed E-state index contributed by atoms with van der Waals surface area (Å²) < 4.78 is 0. The molecule has 0 atom stereocenters. The molecule has 4 heteroatoms. The molecule has 0 radical (unpaired) electrons. The van der Waals surface area contributed by atoms with Gasteiger partial charge in [0.2, 0.25) is 0 Å². The van der Waals surface area contributed by atoms with Crippen molar-refractivity contribution in [3.8, 4) is 0 Å². The maximum absolute atomic E-state index is 11.0. The molecule has 0 heterocycles. The first-order valence-electron chi connectivity index (χ1n) is 4.16. The number of benzene rings is 1. The van der Waals surface area contributed by atoms with Crippen molar-refractivity contribution in [2.24, 2.45) is 5.84 Å². The minimum atomic E-state index is -0.317. The molecule has 1 aromatic rings. The van der Waals surface area contributed by atoms with Gasteiger partial charge < -0.3 is 5.11 Å². The zero-order valence-electron chi connectivity index (χ0n) is 7.60. The molecule has 1 rings (SSSR count). The van der Waals surface area contributed by atoms with E-state index in [9.17, 15) is 4.79 Å². The average molecular weight is 192 g/mol. The molecule has 4 N–H and O–H groups in total. The third-order valence-electron chi connectivity index (χ3n) is 1.72. The molecule has 74 valence electrons. The van der Waals surface area contributed by atoms with E-state index in [1.807, 2.05) is 5.43 Å². The van der Waals surface area contributed by atoms with E-state index in [1.165, 1.54) is 0 Å². The fourth-order valence-corrected chi connectivity index (χ4v) is 1.02. The lowest BCUT2D eigenvalue weighted by atomic mass is 10.1. The molecular weight excluding hydrogens is 180 g/mol. The van der Waals surface area contributed by atoms with E-state index in [-0.39, 0.29) is 12.5 Å². The minimum Gasteiger partial charge on any atom is -0.392 e. The molecule has 0 aliphatic carbocycles. The Labute approximate surface area is 82.0 Å². The predicted molar refractivity (Wildman–Crippen MR) is 54.2 cm³/mol. The predicted octanol–water partition coefficient (Wildman–Crippen LogP) is 0.296. The topological polar surface area (TPSA) is 75.3 Å². The van der Waals surface area contributed by atoms with E-state index in [0.717, 1.165) is 5.56 Å². The molecule has 0 bridgehead atoms. The van der Waals surface area contributed by atoms with Crippen molar-refractivity contribution in [1.82, 2.24) is 5.43 Å². The van der Waals surface area contributed by atoms with E-state index in [0.29, 0.717) is 5.56 Å². The van der Waals surface area contributed by atoms with Gasteiger partial charge in [-0.2, -0.15) is 0 Å². The van der Waals surface area contributed by atoms with Gasteiger partial charge in [0, 0.05) is 5.56 Å². The third-order valence-corrected chi connectivity index (χ3v) is 1.72. The lowest BCUT2D eigenvalue weighted by Crippen LogP contribution is -2.29. The van der Waals surface area contributed by atoms with Gasteiger partial charge in [0.15, 0.2) is 0 Å². The molecule has 1 aromatic carbocycles. The van der Waals surface area contributed by atoms with Crippen LogP contribution in [0.3, 0.4) is 0 Å². The summed E-state index contributed by atoms with van der Waals surface area (Å²) in [5, 5.41) is 8.54. The summed E-state index contributed by atoms with van der Waals surface area (Å²) in [6.45, 7) is 0.00500. The summed E-state index contributed by atoms with van der Waals surface area (Å²) in [4.78, 5) is 11.0. The monoisotopic (exact) mass is 192 g/mol. The van der Waals surface area contributed by atoms with E-state index in [4.69, 9.17) is 10.9 Å². The number of carbonyl (C=O) groups excluding carboxylic acids is 1. The van der Waals surface area contributed by atoms with Gasteiger partial charge >= 0.3 is 0 Å². The van der Waals surface area contributed by atoms with Gasteiger partial charge in [0.25, 0.3) is 5.91 Å². The molecule has 0 unspecified atom stereocenters. The molecule has 0 fully saturated rings. The smallest absolute Gasteiger partial charge is 0.265 e. The van der Waals surface area contributed by atoms with Crippen molar-refractivity contribution in [1.29, 1.82) is 0 Å². The van der Waals surface area contributed by atoms with Gasteiger partial charge in [-0.15, -0.1) is 0 Å². The van der Waals surface area contributed by atoms with Crippen LogP contribution in [0.5, 0.6) is 0 Å². The fraction of sp³-hybridized carbons (Fsp3) is 0.100. The van der Waals surface area contributed by atoms with Gasteiger partial charge in [-0.3, -0.25) is 10.2 Å². The Hall–Kier alpha value is -1.65. The SMILES string of the molecule is NNC(=O)c1ccc(C=CCO)cc1. The van der Waals surface area contributed by atoms with Crippen LogP contribution >= 0.6 is 0 Å². The second kappa shape index (κ2) is 5.16. The third kappa shape index (κ3) is 2.69. The number of hydrazine groups is 1. The number of amides is 1. The van der Waals surface area contributed by atoms with Gasteiger partial charge in [0.1, 0.15) is 0 Å². The maximum atomic E-state index is 11.0. The summed E-state index contributed by atoms with van der Waals surface area (Å²) in [5.41, 5.74) is 3.48. The van der Waals surface area contributed by atoms with Crippen LogP contribution in [0.1, 0.15) is 15.9 Å². The Kier molecular flexibility index (Phi) is 3.84. The normalized spacial score (nSPS) is 10.4. The molecule has 0 saturated heterocycles. The Balaban J connectivity index is 2.78. The van der Waals surface area contributed by atoms with Gasteiger partial charge in [-0.1, -0.05) is 24.3 Å². The van der Waals surface area contributed by atoms with Crippen LogP contribution in [0.25, 0.3) is 6.08 Å². The average Bonchev–Trinajstić information content (AvgIpc) is 2.26. The van der Waals surface area contributed by atoms with Crippen LogP contribution in [0, 0.1) is 0 Å². The molecule has 14 heavy (non-hydrogen) atoms. The number of carbonyl (C=O) groups is 1. The van der Waals surface area contributed by atoms with Crippen molar-refractivity contribution in [2.75, 3.05) is 6.61 Å². The zero-order chi connectivity index (χ0) is 10.4. The zero-order valence-corrected chi connectivity index (χ0v) is 7.60. The Bertz CT molecular complexity index is 330. The molecule has 1 amide bonds. The first-order valence-corrected chi connectivity index (χ1v) is 4.16. The Morgan fingerprint density at radius 1 is 1.43 bits per heavy atom. The highest BCUT2D eigenvalue weighted by atomic mass is 16.2. The number of aliphatic hydroxyl groups is 1. The highest BCUT2D eigenvalue weighted by Gasteiger charge is 2.00. The minimum absolute atomic E-state index is 0.00500. The number of nitrogen functional groups attached to an aromatic ring is 1. The first kappa shape index (κ1) is 10.4. The van der Waals surface area contributed by atoms with Crippen LogP contribution in [0.15, 0.2) is 30.3 Å². The van der Waals surface area contributed by atoms with E-state index >= 15 is 0 Å². The quantitative estimate of drug-likeness (QED) is 0.366. The highest BCUT2D eigenvalue weighted by Crippen LogP contribution is 2.05. The van der Waals surface area contributed by atoms with Crippen LogP contribution in [0.4, 0.5) is 0 Å². The number of aliphatic hydroxyl groups excluding tert-OH is 1. The molecule has 0 aliphatic rings. The second-order valence-corrected chi connectivity index (χ2v) is 2.68. The number of nitrogens with one attached hydrogen (secondary N) is 1. The molecule has 0 aromatic heterocycles. The lowest BCUT2D eigenvalue weighted by molar-refractivity contribution is 0.0953. The maximum Gasteiger partial charge on any atom is 0.265 e. The van der Waals surface area contributed by atoms with Crippen molar-refractivity contribution >= 4 is 12.0 Å². The van der Waals surface area contributed by atoms with E-state index < -0.39 is 0 Å². The summed E-state index contributed by atoms with van der Waals surface area (Å²) in [5.74, 6) is 4.66. The van der Waals surface area contributed by atoms with Crippen molar-refractivity contribution in [2.45, 2.75) is 0 Å². The van der Waals surface area contributed by atoms with Crippen molar-refractivity contribution < 1.29 is 9.90 Å². The summed E-state index contributed by atoms with van der Waals surface area (Å²) in [6.07, 6.45) is 3.39. The van der Waals surface area contributed by atoms with Gasteiger partial charge in [-0.05, 0) is 17.7 Å². The largest absolute Gasteiger partial charge is 0.392 e. The summed E-state index contributed by atoms with van der Waals surface area (Å²) in [6, 6.07) is 6.88. The standard InChI is InChI=1S/C10H12N2O2/c11-12-10(14)9-5-3-8(4-6-9)2-1-7-13/h1-6,13H,7,11H2,(H,12,14). The fourth-order valence-electron chi connectivity index (χ4n) is 1.02. The van der Waals surface area contributed by atoms with Crippen LogP contribution in [-0.2, 0) is 0 Å². The number of rotatable bonds is 3. The number of nitrogens with two attached hydrogens (primary N) is 1. The Morgan fingerprint density at radius 3 is 2.57 bits per heavy atom.